The minimum absolute atomic E-state index is 0.0114. The highest BCUT2D eigenvalue weighted by Crippen LogP contribution is 2.28. The van der Waals surface area contributed by atoms with Crippen molar-refractivity contribution >= 4 is 5.78 Å². The highest BCUT2D eigenvalue weighted by Gasteiger charge is 2.27. The van der Waals surface area contributed by atoms with Gasteiger partial charge < -0.3 is 4.90 Å². The molecule has 0 amide bonds. The van der Waals surface area contributed by atoms with E-state index in [1.807, 2.05) is 6.20 Å². The molecular formula is C17H23NO. The third-order valence-corrected chi connectivity index (χ3v) is 3.14. The summed E-state index contributed by atoms with van der Waals surface area (Å²) in [4.78, 5) is 14.2. The predicted octanol–water partition coefficient (Wildman–Crippen LogP) is 3.66. The maximum atomic E-state index is 12.0. The lowest BCUT2D eigenvalue weighted by molar-refractivity contribution is -0.111. The van der Waals surface area contributed by atoms with Gasteiger partial charge in [0.05, 0.1) is 0 Å². The average Bonchev–Trinajstić information content (AvgIpc) is 2.71. The van der Waals surface area contributed by atoms with E-state index < -0.39 is 0 Å². The molecule has 1 aliphatic rings. The Labute approximate surface area is 116 Å². The van der Waals surface area contributed by atoms with Crippen LogP contribution in [0.5, 0.6) is 0 Å². The maximum absolute atomic E-state index is 12.0. The Morgan fingerprint density at radius 2 is 1.95 bits per heavy atom. The lowest BCUT2D eigenvalue weighted by Gasteiger charge is -2.17. The van der Waals surface area contributed by atoms with Crippen molar-refractivity contribution in [1.82, 2.24) is 4.90 Å². The lowest BCUT2D eigenvalue weighted by Crippen LogP contribution is -2.18. The van der Waals surface area contributed by atoms with Crippen molar-refractivity contribution in [3.05, 3.63) is 61.4 Å². The van der Waals surface area contributed by atoms with Gasteiger partial charge in [-0.15, -0.1) is 0 Å². The van der Waals surface area contributed by atoms with Gasteiger partial charge in [-0.05, 0) is 11.8 Å². The van der Waals surface area contributed by atoms with Crippen molar-refractivity contribution in [2.45, 2.75) is 20.3 Å². The van der Waals surface area contributed by atoms with Crippen LogP contribution in [0.1, 0.15) is 20.3 Å². The molecule has 0 aromatic carbocycles. The van der Waals surface area contributed by atoms with Crippen molar-refractivity contribution < 1.29 is 4.79 Å². The third kappa shape index (κ3) is 5.12. The molecule has 1 rings (SSSR count). The zero-order valence-corrected chi connectivity index (χ0v) is 11.9. The van der Waals surface area contributed by atoms with Crippen molar-refractivity contribution in [2.75, 3.05) is 13.1 Å². The van der Waals surface area contributed by atoms with Gasteiger partial charge in [-0.25, -0.2) is 0 Å². The highest BCUT2D eigenvalue weighted by atomic mass is 16.1. The van der Waals surface area contributed by atoms with Gasteiger partial charge in [-0.1, -0.05) is 57.4 Å². The molecule has 0 unspecified atom stereocenters. The Morgan fingerprint density at radius 3 is 2.47 bits per heavy atom. The van der Waals surface area contributed by atoms with Gasteiger partial charge in [-0.3, -0.25) is 4.79 Å². The summed E-state index contributed by atoms with van der Waals surface area (Å²) in [7, 11) is 0. The number of nitrogens with zero attached hydrogens (tertiary/aromatic N) is 1. The number of ketones is 1. The van der Waals surface area contributed by atoms with E-state index in [9.17, 15) is 4.79 Å². The molecule has 0 bridgehead atoms. The van der Waals surface area contributed by atoms with Gasteiger partial charge in [0.15, 0.2) is 5.78 Å². The molecular weight excluding hydrogens is 234 g/mol. The van der Waals surface area contributed by atoms with Crippen molar-refractivity contribution in [3.63, 3.8) is 0 Å². The quantitative estimate of drug-likeness (QED) is 0.534. The summed E-state index contributed by atoms with van der Waals surface area (Å²) in [6.07, 6.45) is 13.2. The topological polar surface area (TPSA) is 20.3 Å². The molecule has 19 heavy (non-hydrogen) atoms. The SMILES string of the molecule is C=C/C=C\C(=C/C=C)C(=O)/C=C/N1CCC(C)(C)C1. The zero-order valence-electron chi connectivity index (χ0n) is 11.9. The molecule has 102 valence electrons. The molecule has 1 aliphatic heterocycles. The van der Waals surface area contributed by atoms with Gasteiger partial charge in [0.25, 0.3) is 0 Å². The summed E-state index contributed by atoms with van der Waals surface area (Å²) in [5.74, 6) is -0.0114. The number of likely N-dealkylation sites (tertiary alicyclic amines) is 1. The summed E-state index contributed by atoms with van der Waals surface area (Å²) in [6, 6.07) is 0. The molecule has 0 N–H and O–H groups in total. The molecule has 1 saturated heterocycles. The summed E-state index contributed by atoms with van der Waals surface area (Å²) < 4.78 is 0. The van der Waals surface area contributed by atoms with E-state index in [-0.39, 0.29) is 5.78 Å². The smallest absolute Gasteiger partial charge is 0.187 e. The molecule has 0 radical (unpaired) electrons. The van der Waals surface area contributed by atoms with Crippen LogP contribution in [0.3, 0.4) is 0 Å². The first kappa shape index (κ1) is 15.2. The monoisotopic (exact) mass is 257 g/mol. The molecule has 0 aromatic heterocycles. The van der Waals surface area contributed by atoms with Gasteiger partial charge in [0.2, 0.25) is 0 Å². The van der Waals surface area contributed by atoms with Crippen LogP contribution in [0.4, 0.5) is 0 Å². The third-order valence-electron chi connectivity index (χ3n) is 3.14. The van der Waals surface area contributed by atoms with Gasteiger partial charge in [-0.2, -0.15) is 0 Å². The van der Waals surface area contributed by atoms with Crippen LogP contribution in [0.2, 0.25) is 0 Å². The van der Waals surface area contributed by atoms with E-state index in [4.69, 9.17) is 0 Å². The summed E-state index contributed by atoms with van der Waals surface area (Å²) >= 11 is 0. The van der Waals surface area contributed by atoms with Crippen LogP contribution in [0.15, 0.2) is 61.4 Å². The molecule has 1 heterocycles. The number of allylic oxidation sites excluding steroid dienone is 7. The Hall–Kier alpha value is -1.83. The van der Waals surface area contributed by atoms with Crippen LogP contribution >= 0.6 is 0 Å². The van der Waals surface area contributed by atoms with E-state index in [0.717, 1.165) is 19.5 Å². The first-order valence-corrected chi connectivity index (χ1v) is 6.57. The highest BCUT2D eigenvalue weighted by molar-refractivity contribution is 6.06. The minimum Gasteiger partial charge on any atom is -0.377 e. The number of carbonyl (C=O) groups excluding carboxylic acids is 1. The van der Waals surface area contributed by atoms with Crippen LogP contribution in [0.25, 0.3) is 0 Å². The molecule has 1 fully saturated rings. The number of carbonyl (C=O) groups is 1. The summed E-state index contributed by atoms with van der Waals surface area (Å²) in [6.45, 7) is 13.7. The second kappa shape index (κ2) is 6.93. The molecule has 0 aliphatic carbocycles. The van der Waals surface area contributed by atoms with Gasteiger partial charge in [0, 0.05) is 30.9 Å². The fourth-order valence-corrected chi connectivity index (χ4v) is 2.07. The van der Waals surface area contributed by atoms with E-state index in [1.54, 1.807) is 36.5 Å². The first-order valence-electron chi connectivity index (χ1n) is 6.57. The maximum Gasteiger partial charge on any atom is 0.187 e. The standard InChI is InChI=1S/C17H23NO/c1-5-7-9-15(8-6-2)16(19)10-12-18-13-11-17(3,4)14-18/h5-10,12H,1-2,11,13-14H2,3-4H3/b9-7-,12-10+,15-8+. The van der Waals surface area contributed by atoms with Crippen molar-refractivity contribution in [2.24, 2.45) is 5.41 Å². The lowest BCUT2D eigenvalue weighted by atomic mass is 9.93. The largest absolute Gasteiger partial charge is 0.377 e. The van der Waals surface area contributed by atoms with E-state index in [1.165, 1.54) is 0 Å². The van der Waals surface area contributed by atoms with E-state index in [0.29, 0.717) is 11.0 Å². The van der Waals surface area contributed by atoms with Crippen LogP contribution in [0, 0.1) is 5.41 Å². The molecule has 0 atom stereocenters. The predicted molar refractivity (Wildman–Crippen MR) is 81.7 cm³/mol. The summed E-state index contributed by atoms with van der Waals surface area (Å²) in [5, 5.41) is 0. The number of hydrogen-bond donors (Lipinski definition) is 0. The Morgan fingerprint density at radius 1 is 1.21 bits per heavy atom. The molecule has 0 aromatic rings. The second-order valence-electron chi connectivity index (χ2n) is 5.52. The van der Waals surface area contributed by atoms with Gasteiger partial charge >= 0.3 is 0 Å². The fraction of sp³-hybridized carbons (Fsp3) is 0.353. The van der Waals surface area contributed by atoms with Crippen LogP contribution < -0.4 is 0 Å². The number of rotatable bonds is 6. The normalized spacial score (nSPS) is 19.3. The van der Waals surface area contributed by atoms with E-state index in [2.05, 4.69) is 31.9 Å². The fourth-order valence-electron chi connectivity index (χ4n) is 2.07. The van der Waals surface area contributed by atoms with Crippen molar-refractivity contribution in [3.8, 4) is 0 Å². The zero-order chi connectivity index (χ0) is 14.3. The average molecular weight is 257 g/mol. The number of hydrogen-bond acceptors (Lipinski definition) is 2. The second-order valence-corrected chi connectivity index (χ2v) is 5.52. The molecule has 0 spiro atoms. The van der Waals surface area contributed by atoms with Crippen molar-refractivity contribution in [1.29, 1.82) is 0 Å². The van der Waals surface area contributed by atoms with E-state index >= 15 is 0 Å². The van der Waals surface area contributed by atoms with Crippen LogP contribution in [-0.4, -0.2) is 23.8 Å². The summed E-state index contributed by atoms with van der Waals surface area (Å²) in [5.41, 5.74) is 0.959. The van der Waals surface area contributed by atoms with Gasteiger partial charge in [0.1, 0.15) is 0 Å². The van der Waals surface area contributed by atoms with Crippen LogP contribution in [-0.2, 0) is 4.79 Å². The molecule has 0 saturated carbocycles. The first-order chi connectivity index (χ1) is 8.98. The minimum atomic E-state index is -0.0114. The Balaban J connectivity index is 2.67. The molecule has 2 heteroatoms. The Bertz CT molecular complexity index is 438. The molecule has 2 nitrogen and oxygen atoms in total. The Kier molecular flexibility index (Phi) is 5.56.